The zero-order chi connectivity index (χ0) is 5.28. The minimum absolute atomic E-state index is 0.0671. The number of hydrogen-bond acceptors (Lipinski definition) is 2. The summed E-state index contributed by atoms with van der Waals surface area (Å²) in [5, 5.41) is 0. The molecule has 36 valence electrons. The lowest BCUT2D eigenvalue weighted by Gasteiger charge is -1.74. The Bertz CT molecular complexity index is 199. The molecule has 0 unspecified atom stereocenters. The van der Waals surface area contributed by atoms with Gasteiger partial charge in [-0.25, -0.2) is 0 Å². The van der Waals surface area contributed by atoms with Gasteiger partial charge in [0.2, 0.25) is 0 Å². The maximum absolute atomic E-state index is 10.2. The predicted octanol–water partition coefficient (Wildman–Crippen LogP) is 0.0472. The highest BCUT2D eigenvalue weighted by molar-refractivity contribution is 7.03. The number of rotatable bonds is 0. The van der Waals surface area contributed by atoms with E-state index in [1.807, 2.05) is 0 Å². The molecule has 3 heteroatoms. The van der Waals surface area contributed by atoms with Gasteiger partial charge in [-0.1, -0.05) is 0 Å². The van der Waals surface area contributed by atoms with Crippen molar-refractivity contribution in [3.05, 3.63) is 21.8 Å². The summed E-state index contributed by atoms with van der Waals surface area (Å²) in [6, 6.07) is 2.37. The van der Waals surface area contributed by atoms with Gasteiger partial charge < -0.3 is 0 Å². The number of aromatic nitrogens is 1. The first-order valence-corrected chi connectivity index (χ1v) is 2.54. The van der Waals surface area contributed by atoms with Crippen molar-refractivity contribution in [2.24, 2.45) is 7.05 Å². The quantitative estimate of drug-likeness (QED) is 0.466. The lowest BCUT2D eigenvalue weighted by atomic mass is 10.8. The van der Waals surface area contributed by atoms with Crippen LogP contribution < -0.4 is 4.74 Å². The van der Waals surface area contributed by atoms with Gasteiger partial charge in [0.25, 0.3) is 4.74 Å². The Balaban J connectivity index is 3.30. The maximum Gasteiger partial charge on any atom is 0.258 e. The van der Waals surface area contributed by atoms with E-state index in [9.17, 15) is 4.79 Å². The Morgan fingerprint density at radius 2 is 2.57 bits per heavy atom. The third-order valence-corrected chi connectivity index (χ3v) is 1.17. The predicted molar refractivity (Wildman–Crippen MR) is 27.2 cm³/mol. The summed E-state index contributed by atoms with van der Waals surface area (Å²) in [6.45, 7) is 0. The van der Waals surface area contributed by atoms with Crippen molar-refractivity contribution in [3.8, 4) is 0 Å². The van der Waals surface area contributed by atoms with Crippen LogP contribution in [0.3, 0.4) is 0 Å². The van der Waals surface area contributed by atoms with Crippen LogP contribution >= 0.6 is 11.5 Å². The molecule has 1 aromatic rings. The van der Waals surface area contributed by atoms with Gasteiger partial charge in [0, 0.05) is 7.05 Å². The van der Waals surface area contributed by atoms with Crippen LogP contribution in [0.25, 0.3) is 0 Å². The van der Waals surface area contributed by atoms with Crippen molar-refractivity contribution in [1.29, 1.82) is 0 Å². The van der Waals surface area contributed by atoms with Crippen LogP contribution in [0.5, 0.6) is 0 Å². The second-order valence-corrected chi connectivity index (χ2v) is 2.21. The van der Waals surface area contributed by atoms with Gasteiger partial charge in [-0.05, 0) is 11.5 Å². The van der Waals surface area contributed by atoms with Crippen LogP contribution in [-0.2, 0) is 7.05 Å². The molecule has 0 saturated heterocycles. The van der Waals surface area contributed by atoms with E-state index in [2.05, 4.69) is 12.3 Å². The normalized spacial score (nSPS) is 9.29. The number of hydrogen-bond donors (Lipinski definition) is 0. The Hall–Kier alpha value is -0.570. The Kier molecular flexibility index (Phi) is 0.982. The first-order valence-electron chi connectivity index (χ1n) is 1.76. The monoisotopic (exact) mass is 113 g/mol. The number of aryl methyl sites for hydroxylation is 1. The van der Waals surface area contributed by atoms with Gasteiger partial charge in [0.05, 0.1) is 12.3 Å². The van der Waals surface area contributed by atoms with E-state index in [-0.39, 0.29) is 4.74 Å². The SMILES string of the molecule is Cn1[c][c]c(=O)s1. The highest BCUT2D eigenvalue weighted by Gasteiger charge is 1.83. The zero-order valence-electron chi connectivity index (χ0n) is 3.76. The lowest BCUT2D eigenvalue weighted by molar-refractivity contribution is 1.02. The van der Waals surface area contributed by atoms with E-state index in [0.29, 0.717) is 0 Å². The van der Waals surface area contributed by atoms with Gasteiger partial charge in [-0.3, -0.25) is 8.75 Å². The van der Waals surface area contributed by atoms with Crippen molar-refractivity contribution in [2.75, 3.05) is 0 Å². The zero-order valence-corrected chi connectivity index (χ0v) is 4.58. The molecule has 0 aliphatic rings. The molecule has 1 rings (SSSR count). The summed E-state index contributed by atoms with van der Waals surface area (Å²) < 4.78 is 1.52. The van der Waals surface area contributed by atoms with Crippen molar-refractivity contribution in [1.82, 2.24) is 3.96 Å². The average Bonchev–Trinajstić information content (AvgIpc) is 1.87. The molecular weight excluding hydrogens is 110 g/mol. The van der Waals surface area contributed by atoms with Crippen molar-refractivity contribution < 1.29 is 0 Å². The van der Waals surface area contributed by atoms with Crippen LogP contribution in [-0.4, -0.2) is 3.96 Å². The molecule has 0 atom stereocenters. The molecular formula is C4H3NOS. The standard InChI is InChI=1S/C4H3NOS/c1-5-3-2-4(6)7-5/h1H3. The first-order chi connectivity index (χ1) is 3.29. The largest absolute Gasteiger partial charge is 0.295 e. The molecule has 0 spiro atoms. The maximum atomic E-state index is 10.2. The average molecular weight is 113 g/mol. The smallest absolute Gasteiger partial charge is 0.258 e. The topological polar surface area (TPSA) is 22.0 Å². The van der Waals surface area contributed by atoms with Crippen molar-refractivity contribution in [3.63, 3.8) is 0 Å². The Morgan fingerprint density at radius 3 is 2.71 bits per heavy atom. The summed E-state index contributed by atoms with van der Waals surface area (Å²) in [7, 11) is 1.75. The summed E-state index contributed by atoms with van der Waals surface area (Å²) in [4.78, 5) is 10.2. The fourth-order valence-corrected chi connectivity index (χ4v) is 0.726. The molecule has 0 aromatic carbocycles. The third-order valence-electron chi connectivity index (χ3n) is 0.535. The molecule has 0 aliphatic heterocycles. The summed E-state index contributed by atoms with van der Waals surface area (Å²) >= 11 is 1.09. The fourth-order valence-electron chi connectivity index (χ4n) is 0.294. The van der Waals surface area contributed by atoms with Gasteiger partial charge >= 0.3 is 0 Å². The lowest BCUT2D eigenvalue weighted by Crippen LogP contribution is -1.81. The molecule has 0 N–H and O–H groups in total. The Morgan fingerprint density at radius 1 is 1.86 bits per heavy atom. The fraction of sp³-hybridized carbons (Fsp3) is 0.250. The summed E-state index contributed by atoms with van der Waals surface area (Å²) in [5.74, 6) is 0. The van der Waals surface area contributed by atoms with E-state index in [1.165, 1.54) is 0 Å². The van der Waals surface area contributed by atoms with Crippen LogP contribution in [0.15, 0.2) is 4.79 Å². The molecule has 0 fully saturated rings. The van der Waals surface area contributed by atoms with E-state index in [1.54, 1.807) is 11.0 Å². The summed E-state index contributed by atoms with van der Waals surface area (Å²) in [6.07, 6.45) is 2.57. The molecule has 0 bridgehead atoms. The Labute approximate surface area is 45.2 Å². The second kappa shape index (κ2) is 1.50. The van der Waals surface area contributed by atoms with E-state index in [0.717, 1.165) is 11.5 Å². The van der Waals surface area contributed by atoms with Crippen LogP contribution in [0.1, 0.15) is 0 Å². The molecule has 0 amide bonds. The van der Waals surface area contributed by atoms with Gasteiger partial charge in [0.1, 0.15) is 0 Å². The highest BCUT2D eigenvalue weighted by Crippen LogP contribution is 1.80. The van der Waals surface area contributed by atoms with Crippen LogP contribution in [0.4, 0.5) is 0 Å². The van der Waals surface area contributed by atoms with Crippen molar-refractivity contribution >= 4 is 11.5 Å². The molecule has 0 saturated carbocycles. The van der Waals surface area contributed by atoms with E-state index in [4.69, 9.17) is 0 Å². The van der Waals surface area contributed by atoms with E-state index >= 15 is 0 Å². The van der Waals surface area contributed by atoms with Crippen LogP contribution in [0.2, 0.25) is 0 Å². The van der Waals surface area contributed by atoms with Gasteiger partial charge in [-0.15, -0.1) is 0 Å². The highest BCUT2D eigenvalue weighted by atomic mass is 32.1. The molecule has 1 heterocycles. The molecule has 7 heavy (non-hydrogen) atoms. The second-order valence-electron chi connectivity index (χ2n) is 1.11. The minimum atomic E-state index is -0.0671. The van der Waals surface area contributed by atoms with Gasteiger partial charge in [-0.2, -0.15) is 0 Å². The molecule has 2 nitrogen and oxygen atoms in total. The van der Waals surface area contributed by atoms with Crippen LogP contribution in [0, 0.1) is 12.3 Å². The molecule has 1 aromatic heterocycles. The molecule has 0 aliphatic carbocycles. The molecule has 2 radical (unpaired) electrons. The number of nitrogens with zero attached hydrogens (tertiary/aromatic N) is 1. The van der Waals surface area contributed by atoms with Crippen molar-refractivity contribution in [2.45, 2.75) is 0 Å². The minimum Gasteiger partial charge on any atom is -0.295 e. The van der Waals surface area contributed by atoms with Gasteiger partial charge in [0.15, 0.2) is 0 Å². The van der Waals surface area contributed by atoms with E-state index < -0.39 is 0 Å². The third kappa shape index (κ3) is 0.899. The summed E-state index contributed by atoms with van der Waals surface area (Å²) in [5.41, 5.74) is 0. The first kappa shape index (κ1) is 4.59.